The second-order valence-corrected chi connectivity index (χ2v) is 5.41. The van der Waals surface area contributed by atoms with Crippen LogP contribution in [0, 0.1) is 16.0 Å². The van der Waals surface area contributed by atoms with E-state index in [0.29, 0.717) is 32.1 Å². The average Bonchev–Trinajstić information content (AvgIpc) is 2.42. The summed E-state index contributed by atoms with van der Waals surface area (Å²) >= 11 is 5.89. The van der Waals surface area contributed by atoms with Gasteiger partial charge < -0.3 is 10.1 Å². The van der Waals surface area contributed by atoms with Gasteiger partial charge in [0, 0.05) is 31.9 Å². The summed E-state index contributed by atoms with van der Waals surface area (Å²) in [6.07, 6.45) is 0.672. The van der Waals surface area contributed by atoms with E-state index in [1.165, 1.54) is 18.2 Å². The number of benzene rings is 1. The molecular weight excluding hydrogens is 296 g/mol. The fourth-order valence-corrected chi connectivity index (χ4v) is 1.79. The molecule has 0 bridgehead atoms. The number of hydrogen-bond acceptors (Lipinski definition) is 4. The average molecular weight is 315 g/mol. The minimum atomic E-state index is -0.563. The Bertz CT molecular complexity index is 506. The molecule has 1 rings (SSSR count). The largest absolute Gasteiger partial charge is 0.381 e. The van der Waals surface area contributed by atoms with Crippen molar-refractivity contribution in [2.45, 2.75) is 20.3 Å². The molecule has 0 heterocycles. The summed E-state index contributed by atoms with van der Waals surface area (Å²) in [7, 11) is 0. The number of carbonyl (C=O) groups is 1. The number of nitrogens with one attached hydrogen (secondary N) is 1. The molecule has 0 aliphatic carbocycles. The zero-order valence-corrected chi connectivity index (χ0v) is 12.9. The molecule has 116 valence electrons. The Balaban J connectivity index is 2.45. The van der Waals surface area contributed by atoms with Crippen molar-refractivity contribution in [3.63, 3.8) is 0 Å². The number of non-ortho nitro benzene ring substituents is 1. The summed E-state index contributed by atoms with van der Waals surface area (Å²) in [5.74, 6) is 0.0517. The molecule has 1 aromatic rings. The molecular formula is C14H19ClN2O4. The third-order valence-electron chi connectivity index (χ3n) is 2.61. The SMILES string of the molecule is CC(C)COCCCNC(=O)c1cc([N+](=O)[O-])ccc1Cl. The Labute approximate surface area is 128 Å². The van der Waals surface area contributed by atoms with Crippen LogP contribution >= 0.6 is 11.6 Å². The number of hydrogen-bond donors (Lipinski definition) is 1. The maximum atomic E-state index is 11.9. The Morgan fingerprint density at radius 2 is 2.19 bits per heavy atom. The van der Waals surface area contributed by atoms with Crippen LogP contribution in [0.25, 0.3) is 0 Å². The maximum Gasteiger partial charge on any atom is 0.270 e. The summed E-state index contributed by atoms with van der Waals surface area (Å²) in [5, 5.41) is 13.5. The molecule has 7 heteroatoms. The zero-order chi connectivity index (χ0) is 15.8. The van der Waals surface area contributed by atoms with Gasteiger partial charge in [0.2, 0.25) is 0 Å². The topological polar surface area (TPSA) is 81.5 Å². The molecule has 6 nitrogen and oxygen atoms in total. The van der Waals surface area contributed by atoms with E-state index in [1.807, 2.05) is 0 Å². The number of nitro benzene ring substituents is 1. The molecule has 1 amide bonds. The summed E-state index contributed by atoms with van der Waals surface area (Å²) < 4.78 is 5.39. The Morgan fingerprint density at radius 1 is 1.48 bits per heavy atom. The molecule has 0 radical (unpaired) electrons. The van der Waals surface area contributed by atoms with Gasteiger partial charge in [-0.25, -0.2) is 0 Å². The molecule has 21 heavy (non-hydrogen) atoms. The van der Waals surface area contributed by atoms with Gasteiger partial charge in [0.05, 0.1) is 15.5 Å². The lowest BCUT2D eigenvalue weighted by molar-refractivity contribution is -0.384. The van der Waals surface area contributed by atoms with Crippen LogP contribution < -0.4 is 5.32 Å². The van der Waals surface area contributed by atoms with Crippen LogP contribution in [0.5, 0.6) is 0 Å². The molecule has 0 aliphatic heterocycles. The number of nitro groups is 1. The lowest BCUT2D eigenvalue weighted by Crippen LogP contribution is -2.25. The number of halogens is 1. The quantitative estimate of drug-likeness (QED) is 0.454. The molecule has 0 fully saturated rings. The Hall–Kier alpha value is -1.66. The predicted molar refractivity (Wildman–Crippen MR) is 80.7 cm³/mol. The molecule has 0 atom stereocenters. The van der Waals surface area contributed by atoms with Crippen LogP contribution in [0.4, 0.5) is 5.69 Å². The lowest BCUT2D eigenvalue weighted by atomic mass is 10.2. The van der Waals surface area contributed by atoms with Crippen LogP contribution in [0.3, 0.4) is 0 Å². The standard InChI is InChI=1S/C14H19ClN2O4/c1-10(2)9-21-7-3-6-16-14(18)12-8-11(17(19)20)4-5-13(12)15/h4-5,8,10H,3,6-7,9H2,1-2H3,(H,16,18). The summed E-state index contributed by atoms with van der Waals surface area (Å²) in [5.41, 5.74) is -0.0567. The minimum absolute atomic E-state index is 0.106. The predicted octanol–water partition coefficient (Wildman–Crippen LogP) is 3.04. The molecule has 0 saturated carbocycles. The summed E-state index contributed by atoms with van der Waals surface area (Å²) in [6, 6.07) is 3.78. The van der Waals surface area contributed by atoms with Gasteiger partial charge in [-0.3, -0.25) is 14.9 Å². The monoisotopic (exact) mass is 314 g/mol. The van der Waals surface area contributed by atoms with Crippen molar-refractivity contribution in [1.82, 2.24) is 5.32 Å². The van der Waals surface area contributed by atoms with E-state index in [0.717, 1.165) is 0 Å². The van der Waals surface area contributed by atoms with Gasteiger partial charge in [0.1, 0.15) is 0 Å². The van der Waals surface area contributed by atoms with Crippen LogP contribution in [-0.2, 0) is 4.74 Å². The van der Waals surface area contributed by atoms with Crippen LogP contribution in [0.1, 0.15) is 30.6 Å². The van der Waals surface area contributed by atoms with E-state index in [-0.39, 0.29) is 16.3 Å². The lowest BCUT2D eigenvalue weighted by Gasteiger charge is -2.08. The van der Waals surface area contributed by atoms with Crippen LogP contribution in [-0.4, -0.2) is 30.6 Å². The van der Waals surface area contributed by atoms with Crippen LogP contribution in [0.15, 0.2) is 18.2 Å². The first-order chi connectivity index (χ1) is 9.91. The van der Waals surface area contributed by atoms with Crippen LogP contribution in [0.2, 0.25) is 5.02 Å². The van der Waals surface area contributed by atoms with Gasteiger partial charge in [-0.15, -0.1) is 0 Å². The fourth-order valence-electron chi connectivity index (χ4n) is 1.59. The molecule has 1 N–H and O–H groups in total. The van der Waals surface area contributed by atoms with Crippen molar-refractivity contribution in [3.05, 3.63) is 38.9 Å². The molecule has 0 aromatic heterocycles. The van der Waals surface area contributed by atoms with Crippen molar-refractivity contribution in [2.75, 3.05) is 19.8 Å². The smallest absolute Gasteiger partial charge is 0.270 e. The Morgan fingerprint density at radius 3 is 2.81 bits per heavy atom. The van der Waals surface area contributed by atoms with Crippen molar-refractivity contribution >= 4 is 23.2 Å². The second-order valence-electron chi connectivity index (χ2n) is 5.00. The third-order valence-corrected chi connectivity index (χ3v) is 2.94. The van der Waals surface area contributed by atoms with E-state index in [2.05, 4.69) is 19.2 Å². The normalized spacial score (nSPS) is 10.7. The first-order valence-electron chi connectivity index (χ1n) is 6.71. The molecule has 0 aliphatic rings. The first-order valence-corrected chi connectivity index (χ1v) is 7.09. The number of carbonyl (C=O) groups excluding carboxylic acids is 1. The van der Waals surface area contributed by atoms with Gasteiger partial charge >= 0.3 is 0 Å². The molecule has 1 aromatic carbocycles. The van der Waals surface area contributed by atoms with E-state index in [1.54, 1.807) is 0 Å². The summed E-state index contributed by atoms with van der Waals surface area (Å²) in [6.45, 7) is 5.79. The first kappa shape index (κ1) is 17.4. The second kappa shape index (κ2) is 8.59. The van der Waals surface area contributed by atoms with Crippen molar-refractivity contribution in [1.29, 1.82) is 0 Å². The van der Waals surface area contributed by atoms with E-state index < -0.39 is 10.8 Å². The van der Waals surface area contributed by atoms with E-state index in [4.69, 9.17) is 16.3 Å². The highest BCUT2D eigenvalue weighted by Gasteiger charge is 2.15. The van der Waals surface area contributed by atoms with Gasteiger partial charge in [0.15, 0.2) is 0 Å². The highest BCUT2D eigenvalue weighted by molar-refractivity contribution is 6.33. The highest BCUT2D eigenvalue weighted by atomic mass is 35.5. The van der Waals surface area contributed by atoms with Crippen molar-refractivity contribution < 1.29 is 14.5 Å². The van der Waals surface area contributed by atoms with E-state index in [9.17, 15) is 14.9 Å². The fraction of sp³-hybridized carbons (Fsp3) is 0.500. The van der Waals surface area contributed by atoms with Gasteiger partial charge in [0.25, 0.3) is 11.6 Å². The maximum absolute atomic E-state index is 11.9. The van der Waals surface area contributed by atoms with Gasteiger partial charge in [-0.1, -0.05) is 25.4 Å². The number of ether oxygens (including phenoxy) is 1. The number of amides is 1. The Kier molecular flexibility index (Phi) is 7.11. The van der Waals surface area contributed by atoms with Gasteiger partial charge in [-0.2, -0.15) is 0 Å². The zero-order valence-electron chi connectivity index (χ0n) is 12.1. The van der Waals surface area contributed by atoms with E-state index >= 15 is 0 Å². The van der Waals surface area contributed by atoms with Gasteiger partial charge in [-0.05, 0) is 18.4 Å². The minimum Gasteiger partial charge on any atom is -0.381 e. The molecule has 0 unspecified atom stereocenters. The number of nitrogens with zero attached hydrogens (tertiary/aromatic N) is 1. The molecule has 0 saturated heterocycles. The number of rotatable bonds is 8. The highest BCUT2D eigenvalue weighted by Crippen LogP contribution is 2.21. The third kappa shape index (κ3) is 6.10. The molecule has 0 spiro atoms. The summed E-state index contributed by atoms with van der Waals surface area (Å²) in [4.78, 5) is 22.0. The van der Waals surface area contributed by atoms with Crippen molar-refractivity contribution in [2.24, 2.45) is 5.92 Å². The van der Waals surface area contributed by atoms with Crippen molar-refractivity contribution in [3.8, 4) is 0 Å².